The number of hydrogen-bond acceptors (Lipinski definition) is 4. The van der Waals surface area contributed by atoms with Gasteiger partial charge in [-0.05, 0) is 30.9 Å². The number of rotatable bonds is 6. The van der Waals surface area contributed by atoms with Crippen LogP contribution in [0.25, 0.3) is 0 Å². The number of benzene rings is 1. The molecule has 1 fully saturated rings. The van der Waals surface area contributed by atoms with E-state index in [1.807, 2.05) is 31.2 Å². The molecule has 0 aliphatic carbocycles. The maximum absolute atomic E-state index is 12.8. The molecular formula is C19H26N4O3S. The molecule has 0 radical (unpaired) electrons. The molecule has 1 aliphatic rings. The number of nitrogens with zero attached hydrogens (tertiary/aromatic N) is 3. The standard InChI is InChI=1S/C19H26N4O3S/c1-2-16-9-5-6-10-17(16)21-18(24)13-22-14-19(20-15-22)27(25,26)23-11-7-3-4-8-12-23/h5-6,9-10,14-15H,2-4,7-8,11-13H2,1H3,(H,21,24). The van der Waals surface area contributed by atoms with Crippen LogP contribution in [0.3, 0.4) is 0 Å². The van der Waals surface area contributed by atoms with Crippen molar-refractivity contribution >= 4 is 21.6 Å². The molecule has 1 N–H and O–H groups in total. The second kappa shape index (κ2) is 8.67. The van der Waals surface area contributed by atoms with Gasteiger partial charge < -0.3 is 9.88 Å². The number of aryl methyl sites for hydroxylation is 1. The summed E-state index contributed by atoms with van der Waals surface area (Å²) in [6, 6.07) is 7.64. The molecule has 2 aromatic rings. The maximum atomic E-state index is 12.8. The maximum Gasteiger partial charge on any atom is 0.262 e. The zero-order valence-corrected chi connectivity index (χ0v) is 16.4. The van der Waals surface area contributed by atoms with Gasteiger partial charge in [0.25, 0.3) is 10.0 Å². The average Bonchev–Trinajstić information content (AvgIpc) is 2.95. The van der Waals surface area contributed by atoms with Gasteiger partial charge >= 0.3 is 0 Å². The predicted molar refractivity (Wildman–Crippen MR) is 104 cm³/mol. The molecular weight excluding hydrogens is 364 g/mol. The van der Waals surface area contributed by atoms with Crippen LogP contribution in [-0.4, -0.2) is 41.3 Å². The van der Waals surface area contributed by atoms with E-state index >= 15 is 0 Å². The lowest BCUT2D eigenvalue weighted by atomic mass is 10.1. The van der Waals surface area contributed by atoms with Crippen LogP contribution in [0.4, 0.5) is 5.69 Å². The summed E-state index contributed by atoms with van der Waals surface area (Å²) in [5.74, 6) is -0.216. The summed E-state index contributed by atoms with van der Waals surface area (Å²) in [6.07, 6.45) is 7.51. The Morgan fingerprint density at radius 1 is 1.15 bits per heavy atom. The van der Waals surface area contributed by atoms with E-state index in [9.17, 15) is 13.2 Å². The van der Waals surface area contributed by atoms with Crippen molar-refractivity contribution in [1.82, 2.24) is 13.9 Å². The molecule has 7 nitrogen and oxygen atoms in total. The monoisotopic (exact) mass is 390 g/mol. The summed E-state index contributed by atoms with van der Waals surface area (Å²) in [5, 5.41) is 2.89. The molecule has 0 saturated carbocycles. The lowest BCUT2D eigenvalue weighted by Crippen LogP contribution is -2.32. The molecule has 2 heterocycles. The van der Waals surface area contributed by atoms with Gasteiger partial charge in [0.15, 0.2) is 5.03 Å². The number of aromatic nitrogens is 2. The molecule has 0 bridgehead atoms. The minimum absolute atomic E-state index is 0.00570. The van der Waals surface area contributed by atoms with Crippen LogP contribution in [0.1, 0.15) is 38.2 Å². The van der Waals surface area contributed by atoms with Gasteiger partial charge in [-0.2, -0.15) is 4.31 Å². The number of carbonyl (C=O) groups excluding carboxylic acids is 1. The molecule has 8 heteroatoms. The Hall–Kier alpha value is -2.19. The second-order valence-electron chi connectivity index (χ2n) is 6.76. The number of amides is 1. The Labute approximate surface area is 160 Å². The lowest BCUT2D eigenvalue weighted by Gasteiger charge is -2.18. The average molecular weight is 391 g/mol. The Bertz CT molecular complexity index is 884. The van der Waals surface area contributed by atoms with Crippen molar-refractivity contribution in [2.75, 3.05) is 18.4 Å². The van der Waals surface area contributed by atoms with Crippen molar-refractivity contribution in [2.24, 2.45) is 0 Å². The number of hydrogen-bond donors (Lipinski definition) is 1. The molecule has 1 aromatic carbocycles. The van der Waals surface area contributed by atoms with E-state index < -0.39 is 10.0 Å². The molecule has 1 saturated heterocycles. The SMILES string of the molecule is CCc1ccccc1NC(=O)Cn1cnc(S(=O)(=O)N2CCCCCC2)c1. The Morgan fingerprint density at radius 3 is 2.56 bits per heavy atom. The van der Waals surface area contributed by atoms with Gasteiger partial charge in [0.1, 0.15) is 6.54 Å². The van der Waals surface area contributed by atoms with Crippen LogP contribution in [0.15, 0.2) is 41.8 Å². The number of carbonyl (C=O) groups is 1. The second-order valence-corrected chi connectivity index (χ2v) is 8.65. The molecule has 1 amide bonds. The third-order valence-electron chi connectivity index (χ3n) is 4.78. The molecule has 0 spiro atoms. The van der Waals surface area contributed by atoms with Gasteiger partial charge in [-0.1, -0.05) is 38.0 Å². The van der Waals surface area contributed by atoms with E-state index in [1.165, 1.54) is 21.4 Å². The van der Waals surface area contributed by atoms with Gasteiger partial charge in [0.2, 0.25) is 5.91 Å². The Balaban J connectivity index is 1.67. The summed E-state index contributed by atoms with van der Waals surface area (Å²) in [6.45, 7) is 3.11. The smallest absolute Gasteiger partial charge is 0.262 e. The molecule has 3 rings (SSSR count). The molecule has 0 atom stereocenters. The van der Waals surface area contributed by atoms with E-state index in [-0.39, 0.29) is 17.5 Å². The lowest BCUT2D eigenvalue weighted by molar-refractivity contribution is -0.116. The fourth-order valence-corrected chi connectivity index (χ4v) is 4.73. The molecule has 146 valence electrons. The van der Waals surface area contributed by atoms with E-state index in [1.54, 1.807) is 0 Å². The first-order valence-electron chi connectivity index (χ1n) is 9.40. The fraction of sp³-hybridized carbons (Fsp3) is 0.474. The third kappa shape index (κ3) is 4.75. The van der Waals surface area contributed by atoms with Crippen molar-refractivity contribution in [3.05, 3.63) is 42.4 Å². The summed E-state index contributed by atoms with van der Waals surface area (Å²) >= 11 is 0. The Kier molecular flexibility index (Phi) is 6.28. The van der Waals surface area contributed by atoms with Crippen molar-refractivity contribution in [1.29, 1.82) is 0 Å². The molecule has 1 aliphatic heterocycles. The molecule has 27 heavy (non-hydrogen) atoms. The first-order valence-corrected chi connectivity index (χ1v) is 10.8. The highest BCUT2D eigenvalue weighted by molar-refractivity contribution is 7.89. The summed E-state index contributed by atoms with van der Waals surface area (Å²) in [7, 11) is -3.60. The largest absolute Gasteiger partial charge is 0.327 e. The van der Waals surface area contributed by atoms with Gasteiger partial charge in [0, 0.05) is 25.0 Å². The predicted octanol–water partition coefficient (Wildman–Crippen LogP) is 2.65. The topological polar surface area (TPSA) is 84.3 Å². The highest BCUT2D eigenvalue weighted by Crippen LogP contribution is 2.19. The minimum atomic E-state index is -3.60. The van der Waals surface area contributed by atoms with Crippen LogP contribution >= 0.6 is 0 Å². The number of para-hydroxylation sites is 1. The number of anilines is 1. The van der Waals surface area contributed by atoms with Crippen molar-refractivity contribution in [2.45, 2.75) is 50.6 Å². The van der Waals surface area contributed by atoms with Gasteiger partial charge in [-0.3, -0.25) is 4.79 Å². The number of sulfonamides is 1. The number of nitrogens with one attached hydrogen (secondary N) is 1. The first kappa shape index (κ1) is 19.6. The van der Waals surface area contributed by atoms with E-state index in [4.69, 9.17) is 0 Å². The quantitative estimate of drug-likeness (QED) is 0.822. The minimum Gasteiger partial charge on any atom is -0.327 e. The fourth-order valence-electron chi connectivity index (χ4n) is 3.28. The van der Waals surface area contributed by atoms with Crippen molar-refractivity contribution < 1.29 is 13.2 Å². The highest BCUT2D eigenvalue weighted by Gasteiger charge is 2.27. The summed E-state index contributed by atoms with van der Waals surface area (Å²) < 4.78 is 28.5. The molecule has 1 aromatic heterocycles. The molecule has 0 unspecified atom stereocenters. The van der Waals surface area contributed by atoms with Crippen LogP contribution in [0.5, 0.6) is 0 Å². The van der Waals surface area contributed by atoms with Gasteiger partial charge in [-0.25, -0.2) is 13.4 Å². The van der Waals surface area contributed by atoms with Crippen LogP contribution < -0.4 is 5.32 Å². The summed E-state index contributed by atoms with van der Waals surface area (Å²) in [5.41, 5.74) is 1.84. The Morgan fingerprint density at radius 2 is 1.85 bits per heavy atom. The van der Waals surface area contributed by atoms with Crippen molar-refractivity contribution in [3.8, 4) is 0 Å². The normalized spacial score (nSPS) is 16.0. The van der Waals surface area contributed by atoms with Gasteiger partial charge in [0.05, 0.1) is 6.33 Å². The summed E-state index contributed by atoms with van der Waals surface area (Å²) in [4.78, 5) is 16.4. The van der Waals surface area contributed by atoms with Crippen LogP contribution in [0.2, 0.25) is 0 Å². The highest BCUT2D eigenvalue weighted by atomic mass is 32.2. The van der Waals surface area contributed by atoms with E-state index in [2.05, 4.69) is 10.3 Å². The zero-order chi connectivity index (χ0) is 19.3. The van der Waals surface area contributed by atoms with E-state index in [0.717, 1.165) is 43.4 Å². The first-order chi connectivity index (χ1) is 13.0. The third-order valence-corrected chi connectivity index (χ3v) is 6.56. The number of imidazole rings is 1. The van der Waals surface area contributed by atoms with Gasteiger partial charge in [-0.15, -0.1) is 0 Å². The van der Waals surface area contributed by atoms with Crippen molar-refractivity contribution in [3.63, 3.8) is 0 Å². The zero-order valence-electron chi connectivity index (χ0n) is 15.6. The van der Waals surface area contributed by atoms with Crippen LogP contribution in [0, 0.1) is 0 Å². The van der Waals surface area contributed by atoms with E-state index in [0.29, 0.717) is 13.1 Å². The van der Waals surface area contributed by atoms with Crippen LogP contribution in [-0.2, 0) is 27.8 Å².